The summed E-state index contributed by atoms with van der Waals surface area (Å²) >= 11 is 0. The molecule has 0 amide bonds. The second-order valence-corrected chi connectivity index (χ2v) is 4.92. The largest absolute Gasteiger partial charge is 0.334 e. The minimum absolute atomic E-state index is 0.0735. The first-order valence-electron chi connectivity index (χ1n) is 5.67. The summed E-state index contributed by atoms with van der Waals surface area (Å²) in [6, 6.07) is 4.72. The highest BCUT2D eigenvalue weighted by Crippen LogP contribution is 2.30. The Morgan fingerprint density at radius 2 is 2.11 bits per heavy atom. The van der Waals surface area contributed by atoms with E-state index >= 15 is 0 Å². The SMILES string of the molecule is Cc1ccc([N+](=O)[O-])c(-c2nc(C(C)(C)N)no2)c1. The van der Waals surface area contributed by atoms with Gasteiger partial charge in [-0.2, -0.15) is 4.98 Å². The normalized spacial score (nSPS) is 11.6. The highest BCUT2D eigenvalue weighted by molar-refractivity contribution is 5.67. The summed E-state index contributed by atoms with van der Waals surface area (Å²) in [7, 11) is 0. The van der Waals surface area contributed by atoms with Gasteiger partial charge in [0.1, 0.15) is 5.56 Å². The number of nitrogens with zero attached hydrogens (tertiary/aromatic N) is 3. The first-order valence-corrected chi connectivity index (χ1v) is 5.67. The lowest BCUT2D eigenvalue weighted by molar-refractivity contribution is -0.384. The van der Waals surface area contributed by atoms with Crippen LogP contribution < -0.4 is 5.73 Å². The third-order valence-corrected chi connectivity index (χ3v) is 2.58. The molecule has 0 saturated heterocycles. The lowest BCUT2D eigenvalue weighted by Gasteiger charge is -2.11. The zero-order valence-electron chi connectivity index (χ0n) is 10.9. The summed E-state index contributed by atoms with van der Waals surface area (Å²) in [5.74, 6) is 0.405. The van der Waals surface area contributed by atoms with Crippen molar-refractivity contribution in [1.29, 1.82) is 0 Å². The van der Waals surface area contributed by atoms with Crippen molar-refractivity contribution in [2.75, 3.05) is 0 Å². The van der Waals surface area contributed by atoms with Crippen LogP contribution in [-0.2, 0) is 5.54 Å². The second-order valence-electron chi connectivity index (χ2n) is 4.92. The molecule has 2 N–H and O–H groups in total. The summed E-state index contributed by atoms with van der Waals surface area (Å²) < 4.78 is 5.08. The van der Waals surface area contributed by atoms with Crippen molar-refractivity contribution < 1.29 is 9.45 Å². The molecule has 0 aliphatic heterocycles. The average Bonchev–Trinajstić information content (AvgIpc) is 2.77. The molecule has 2 aromatic rings. The maximum Gasteiger partial charge on any atom is 0.282 e. The quantitative estimate of drug-likeness (QED) is 0.670. The van der Waals surface area contributed by atoms with Crippen LogP contribution in [0.1, 0.15) is 25.2 Å². The molecule has 19 heavy (non-hydrogen) atoms. The van der Waals surface area contributed by atoms with Crippen molar-refractivity contribution in [1.82, 2.24) is 10.1 Å². The molecule has 1 aromatic heterocycles. The summed E-state index contributed by atoms with van der Waals surface area (Å²) in [5, 5.41) is 14.8. The lowest BCUT2D eigenvalue weighted by Crippen LogP contribution is -2.30. The average molecular weight is 262 g/mol. The Balaban J connectivity index is 2.55. The summed E-state index contributed by atoms with van der Waals surface area (Å²) in [6.07, 6.45) is 0. The molecule has 0 fully saturated rings. The summed E-state index contributed by atoms with van der Waals surface area (Å²) in [4.78, 5) is 14.6. The zero-order valence-corrected chi connectivity index (χ0v) is 10.9. The van der Waals surface area contributed by atoms with Gasteiger partial charge in [0.2, 0.25) is 0 Å². The summed E-state index contributed by atoms with van der Waals surface area (Å²) in [6.45, 7) is 5.29. The number of nitrogens with two attached hydrogens (primary N) is 1. The lowest BCUT2D eigenvalue weighted by atomic mass is 10.1. The van der Waals surface area contributed by atoms with E-state index in [1.165, 1.54) is 6.07 Å². The third kappa shape index (κ3) is 2.60. The number of nitro benzene ring substituents is 1. The number of rotatable bonds is 3. The molecule has 0 aliphatic rings. The third-order valence-electron chi connectivity index (χ3n) is 2.58. The van der Waals surface area contributed by atoms with E-state index in [0.29, 0.717) is 11.4 Å². The Morgan fingerprint density at radius 3 is 2.63 bits per heavy atom. The van der Waals surface area contributed by atoms with Gasteiger partial charge in [0, 0.05) is 6.07 Å². The van der Waals surface area contributed by atoms with E-state index in [-0.39, 0.29) is 11.6 Å². The number of aryl methyl sites for hydroxylation is 1. The van der Waals surface area contributed by atoms with E-state index < -0.39 is 10.5 Å². The molecule has 100 valence electrons. The smallest absolute Gasteiger partial charge is 0.282 e. The zero-order chi connectivity index (χ0) is 14.2. The van der Waals surface area contributed by atoms with Gasteiger partial charge in [0.25, 0.3) is 11.6 Å². The molecule has 7 heteroatoms. The van der Waals surface area contributed by atoms with Gasteiger partial charge in [0.05, 0.1) is 10.5 Å². The second kappa shape index (κ2) is 4.43. The monoisotopic (exact) mass is 262 g/mol. The van der Waals surface area contributed by atoms with Crippen molar-refractivity contribution in [3.8, 4) is 11.5 Å². The van der Waals surface area contributed by atoms with E-state index in [9.17, 15) is 10.1 Å². The van der Waals surface area contributed by atoms with Crippen LogP contribution in [0.3, 0.4) is 0 Å². The van der Waals surface area contributed by atoms with Gasteiger partial charge < -0.3 is 10.3 Å². The first-order chi connectivity index (χ1) is 8.79. The van der Waals surface area contributed by atoms with Gasteiger partial charge in [-0.05, 0) is 32.4 Å². The van der Waals surface area contributed by atoms with E-state index in [2.05, 4.69) is 10.1 Å². The highest BCUT2D eigenvalue weighted by atomic mass is 16.6. The van der Waals surface area contributed by atoms with Gasteiger partial charge in [-0.1, -0.05) is 11.2 Å². The molecule has 0 aliphatic carbocycles. The topological polar surface area (TPSA) is 108 Å². The first kappa shape index (κ1) is 13.2. The molecule has 0 atom stereocenters. The van der Waals surface area contributed by atoms with Crippen molar-refractivity contribution in [2.45, 2.75) is 26.3 Å². The van der Waals surface area contributed by atoms with Crippen molar-refractivity contribution in [3.63, 3.8) is 0 Å². The minimum Gasteiger partial charge on any atom is -0.334 e. The molecule has 2 rings (SSSR count). The molecular weight excluding hydrogens is 248 g/mol. The van der Waals surface area contributed by atoms with Crippen LogP contribution in [-0.4, -0.2) is 15.1 Å². The Bertz CT molecular complexity index is 628. The fraction of sp³-hybridized carbons (Fsp3) is 0.333. The predicted octanol–water partition coefficient (Wildman–Crippen LogP) is 2.15. The molecule has 0 spiro atoms. The Labute approximate surface area is 109 Å². The van der Waals surface area contributed by atoms with Crippen LogP contribution in [0.25, 0.3) is 11.5 Å². The molecule has 1 aromatic carbocycles. The molecule has 0 saturated carbocycles. The van der Waals surface area contributed by atoms with E-state index in [0.717, 1.165) is 5.56 Å². The number of benzene rings is 1. The maximum absolute atomic E-state index is 11.0. The fourth-order valence-corrected chi connectivity index (χ4v) is 1.57. The van der Waals surface area contributed by atoms with Gasteiger partial charge in [0.15, 0.2) is 5.82 Å². The van der Waals surface area contributed by atoms with Gasteiger partial charge in [-0.3, -0.25) is 10.1 Å². The number of hydrogen-bond acceptors (Lipinski definition) is 6. The van der Waals surface area contributed by atoms with Gasteiger partial charge in [-0.15, -0.1) is 0 Å². The Hall–Kier alpha value is -2.28. The van der Waals surface area contributed by atoms with Crippen LogP contribution in [0, 0.1) is 17.0 Å². The molecule has 0 bridgehead atoms. The summed E-state index contributed by atoms with van der Waals surface area (Å²) in [5.41, 5.74) is 6.19. The molecule has 0 unspecified atom stereocenters. The maximum atomic E-state index is 11.0. The van der Waals surface area contributed by atoms with Crippen molar-refractivity contribution in [2.24, 2.45) is 5.73 Å². The Kier molecular flexibility index (Phi) is 3.07. The van der Waals surface area contributed by atoms with Crippen LogP contribution in [0.2, 0.25) is 0 Å². The highest BCUT2D eigenvalue weighted by Gasteiger charge is 2.25. The Morgan fingerprint density at radius 1 is 1.42 bits per heavy atom. The van der Waals surface area contributed by atoms with E-state index in [4.69, 9.17) is 10.3 Å². The number of nitro groups is 1. The van der Waals surface area contributed by atoms with Crippen molar-refractivity contribution >= 4 is 5.69 Å². The molecule has 7 nitrogen and oxygen atoms in total. The van der Waals surface area contributed by atoms with Gasteiger partial charge >= 0.3 is 0 Å². The van der Waals surface area contributed by atoms with Crippen LogP contribution in [0.4, 0.5) is 5.69 Å². The minimum atomic E-state index is -0.764. The van der Waals surface area contributed by atoms with Crippen LogP contribution in [0.15, 0.2) is 22.7 Å². The number of aromatic nitrogens is 2. The van der Waals surface area contributed by atoms with Gasteiger partial charge in [-0.25, -0.2) is 0 Å². The molecular formula is C12H14N4O3. The fourth-order valence-electron chi connectivity index (χ4n) is 1.57. The van der Waals surface area contributed by atoms with E-state index in [1.54, 1.807) is 26.0 Å². The number of hydrogen-bond donors (Lipinski definition) is 1. The predicted molar refractivity (Wildman–Crippen MR) is 68.3 cm³/mol. The molecule has 0 radical (unpaired) electrons. The van der Waals surface area contributed by atoms with Crippen LogP contribution in [0.5, 0.6) is 0 Å². The molecule has 1 heterocycles. The standard InChI is InChI=1S/C12H14N4O3/c1-7-4-5-9(16(17)18)8(6-7)10-14-11(15-19-10)12(2,3)13/h4-6H,13H2,1-3H3. The van der Waals surface area contributed by atoms with Crippen molar-refractivity contribution in [3.05, 3.63) is 39.7 Å². The van der Waals surface area contributed by atoms with Crippen LogP contribution >= 0.6 is 0 Å². The van der Waals surface area contributed by atoms with E-state index in [1.807, 2.05) is 6.92 Å².